The van der Waals surface area contributed by atoms with E-state index < -0.39 is 0 Å². The third kappa shape index (κ3) is 2.77. The molecule has 19 heavy (non-hydrogen) atoms. The van der Waals surface area contributed by atoms with Crippen molar-refractivity contribution in [3.63, 3.8) is 0 Å². The molecular weight excluding hydrogens is 310 g/mol. The summed E-state index contributed by atoms with van der Waals surface area (Å²) in [7, 11) is 3.23. The van der Waals surface area contributed by atoms with E-state index in [4.69, 9.17) is 19.6 Å². The van der Waals surface area contributed by atoms with Gasteiger partial charge in [0.25, 0.3) is 0 Å². The maximum Gasteiger partial charge on any atom is 0.133 e. The van der Waals surface area contributed by atoms with Crippen molar-refractivity contribution in [1.82, 2.24) is 0 Å². The average Bonchev–Trinajstić information content (AvgIpc) is 2.84. The van der Waals surface area contributed by atoms with Crippen LogP contribution in [0.2, 0.25) is 0 Å². The Bertz CT molecular complexity index is 580. The Balaban J connectivity index is 2.48. The van der Waals surface area contributed by atoms with E-state index in [1.807, 2.05) is 25.1 Å². The van der Waals surface area contributed by atoms with Gasteiger partial charge in [-0.2, -0.15) is 0 Å². The lowest BCUT2D eigenvalue weighted by Gasteiger charge is -2.16. The van der Waals surface area contributed by atoms with Crippen LogP contribution in [0.4, 0.5) is 0 Å². The maximum atomic E-state index is 6.27. The normalized spacial score (nSPS) is 12.3. The second-order valence-corrected chi connectivity index (χ2v) is 5.05. The van der Waals surface area contributed by atoms with Crippen LogP contribution in [-0.4, -0.2) is 14.2 Å². The summed E-state index contributed by atoms with van der Waals surface area (Å²) >= 11 is 3.43. The summed E-state index contributed by atoms with van der Waals surface area (Å²) in [5.74, 6) is 2.25. The van der Waals surface area contributed by atoms with Crippen LogP contribution in [0.5, 0.6) is 11.5 Å². The molecule has 1 atom stereocenters. The lowest BCUT2D eigenvalue weighted by Crippen LogP contribution is -2.12. The van der Waals surface area contributed by atoms with E-state index in [0.29, 0.717) is 11.5 Å². The molecule has 1 aromatic heterocycles. The zero-order valence-corrected chi connectivity index (χ0v) is 12.7. The molecule has 5 heteroatoms. The summed E-state index contributed by atoms with van der Waals surface area (Å²) in [6.45, 7) is 1.88. The molecule has 1 unspecified atom stereocenters. The van der Waals surface area contributed by atoms with Gasteiger partial charge in [-0.15, -0.1) is 0 Å². The van der Waals surface area contributed by atoms with Crippen molar-refractivity contribution in [3.05, 3.63) is 45.8 Å². The minimum atomic E-state index is -0.325. The monoisotopic (exact) mass is 325 g/mol. The van der Waals surface area contributed by atoms with Crippen LogP contribution in [0.3, 0.4) is 0 Å². The highest BCUT2D eigenvalue weighted by molar-refractivity contribution is 9.10. The topological polar surface area (TPSA) is 57.6 Å². The number of aryl methyl sites for hydroxylation is 1. The van der Waals surface area contributed by atoms with Crippen molar-refractivity contribution in [2.24, 2.45) is 5.73 Å². The van der Waals surface area contributed by atoms with Gasteiger partial charge in [-0.3, -0.25) is 0 Å². The molecule has 0 aliphatic heterocycles. The molecule has 0 aliphatic carbocycles. The fourth-order valence-corrected chi connectivity index (χ4v) is 2.42. The predicted octanol–water partition coefficient (Wildman–Crippen LogP) is 3.42. The summed E-state index contributed by atoms with van der Waals surface area (Å²) in [5.41, 5.74) is 8.02. The molecule has 0 bridgehead atoms. The standard InChI is InChI=1S/C14H16BrNO3/c1-8-4-9(7-19-8)14(16)10-5-13(18-3)11(15)6-12(10)17-2/h4-7,14H,16H2,1-3H3. The number of benzene rings is 1. The zero-order chi connectivity index (χ0) is 14.0. The molecule has 2 aromatic rings. The first kappa shape index (κ1) is 14.0. The van der Waals surface area contributed by atoms with Gasteiger partial charge >= 0.3 is 0 Å². The van der Waals surface area contributed by atoms with Crippen LogP contribution >= 0.6 is 15.9 Å². The highest BCUT2D eigenvalue weighted by atomic mass is 79.9. The highest BCUT2D eigenvalue weighted by Crippen LogP contribution is 2.37. The molecule has 102 valence electrons. The van der Waals surface area contributed by atoms with Crippen LogP contribution in [0.25, 0.3) is 0 Å². The number of halogens is 1. The molecule has 2 N–H and O–H groups in total. The summed E-state index contributed by atoms with van der Waals surface area (Å²) in [5, 5.41) is 0. The van der Waals surface area contributed by atoms with Gasteiger partial charge < -0.3 is 19.6 Å². The van der Waals surface area contributed by atoms with Crippen molar-refractivity contribution in [2.45, 2.75) is 13.0 Å². The Kier molecular flexibility index (Phi) is 4.17. The van der Waals surface area contributed by atoms with Crippen LogP contribution in [-0.2, 0) is 0 Å². The molecule has 0 spiro atoms. The van der Waals surface area contributed by atoms with Gasteiger partial charge in [0.2, 0.25) is 0 Å². The average molecular weight is 326 g/mol. The Morgan fingerprint density at radius 1 is 1.16 bits per heavy atom. The number of rotatable bonds is 4. The first-order valence-corrected chi connectivity index (χ1v) is 6.58. The van der Waals surface area contributed by atoms with E-state index in [1.165, 1.54) is 0 Å². The zero-order valence-electron chi connectivity index (χ0n) is 11.1. The molecule has 0 amide bonds. The molecule has 1 heterocycles. The largest absolute Gasteiger partial charge is 0.496 e. The molecule has 0 saturated heterocycles. The summed E-state index contributed by atoms with van der Waals surface area (Å²) in [6.07, 6.45) is 1.66. The maximum absolute atomic E-state index is 6.27. The Labute approximate surface area is 120 Å². The predicted molar refractivity (Wildman–Crippen MR) is 76.7 cm³/mol. The van der Waals surface area contributed by atoms with Crippen molar-refractivity contribution in [3.8, 4) is 11.5 Å². The Morgan fingerprint density at radius 2 is 1.84 bits per heavy atom. The molecule has 4 nitrogen and oxygen atoms in total. The summed E-state index contributed by atoms with van der Waals surface area (Å²) in [6, 6.07) is 5.31. The van der Waals surface area contributed by atoms with Gasteiger partial charge in [0.15, 0.2) is 0 Å². The molecule has 0 saturated carbocycles. The van der Waals surface area contributed by atoms with Crippen LogP contribution in [0.1, 0.15) is 22.9 Å². The Morgan fingerprint density at radius 3 is 2.37 bits per heavy atom. The quantitative estimate of drug-likeness (QED) is 0.935. The van der Waals surface area contributed by atoms with Crippen LogP contribution < -0.4 is 15.2 Å². The van der Waals surface area contributed by atoms with Crippen LogP contribution in [0, 0.1) is 6.92 Å². The van der Waals surface area contributed by atoms with Crippen molar-refractivity contribution >= 4 is 15.9 Å². The van der Waals surface area contributed by atoms with Gasteiger partial charge in [-0.25, -0.2) is 0 Å². The fraction of sp³-hybridized carbons (Fsp3) is 0.286. The number of methoxy groups -OCH3 is 2. The summed E-state index contributed by atoms with van der Waals surface area (Å²) < 4.78 is 16.8. The summed E-state index contributed by atoms with van der Waals surface area (Å²) in [4.78, 5) is 0. The molecule has 0 aliphatic rings. The number of hydrogen-bond donors (Lipinski definition) is 1. The van der Waals surface area contributed by atoms with Crippen molar-refractivity contribution in [1.29, 1.82) is 0 Å². The Hall–Kier alpha value is -1.46. The molecule has 0 fully saturated rings. The SMILES string of the molecule is COc1cc(C(N)c2coc(C)c2)c(OC)cc1Br. The van der Waals surface area contributed by atoms with E-state index in [2.05, 4.69) is 15.9 Å². The third-order valence-electron chi connectivity index (χ3n) is 2.95. The number of nitrogens with two attached hydrogens (primary N) is 1. The highest BCUT2D eigenvalue weighted by Gasteiger charge is 2.18. The second kappa shape index (κ2) is 5.67. The number of hydrogen-bond acceptors (Lipinski definition) is 4. The van der Waals surface area contributed by atoms with Crippen molar-refractivity contribution in [2.75, 3.05) is 14.2 Å². The third-order valence-corrected chi connectivity index (χ3v) is 3.57. The second-order valence-electron chi connectivity index (χ2n) is 4.20. The number of furan rings is 1. The van der Waals surface area contributed by atoms with E-state index >= 15 is 0 Å². The lowest BCUT2D eigenvalue weighted by atomic mass is 10.0. The first-order chi connectivity index (χ1) is 9.06. The molecule has 0 radical (unpaired) electrons. The van der Waals surface area contributed by atoms with Gasteiger partial charge in [0.05, 0.1) is 31.0 Å². The van der Waals surface area contributed by atoms with E-state index in [-0.39, 0.29) is 6.04 Å². The lowest BCUT2D eigenvalue weighted by molar-refractivity contribution is 0.395. The number of ether oxygens (including phenoxy) is 2. The minimum Gasteiger partial charge on any atom is -0.496 e. The fourth-order valence-electron chi connectivity index (χ4n) is 1.93. The van der Waals surface area contributed by atoms with E-state index in [1.54, 1.807) is 20.5 Å². The molecule has 2 rings (SSSR count). The van der Waals surface area contributed by atoms with Crippen molar-refractivity contribution < 1.29 is 13.9 Å². The first-order valence-electron chi connectivity index (χ1n) is 5.78. The van der Waals surface area contributed by atoms with Crippen LogP contribution in [0.15, 0.2) is 33.4 Å². The van der Waals surface area contributed by atoms with E-state index in [0.717, 1.165) is 21.4 Å². The van der Waals surface area contributed by atoms with E-state index in [9.17, 15) is 0 Å². The molecule has 1 aromatic carbocycles. The van der Waals surface area contributed by atoms with Gasteiger partial charge in [0.1, 0.15) is 17.3 Å². The minimum absolute atomic E-state index is 0.325. The van der Waals surface area contributed by atoms with Gasteiger partial charge in [-0.05, 0) is 41.1 Å². The smallest absolute Gasteiger partial charge is 0.133 e. The molecular formula is C14H16BrNO3. The van der Waals surface area contributed by atoms with Gasteiger partial charge in [-0.1, -0.05) is 0 Å². The van der Waals surface area contributed by atoms with Gasteiger partial charge in [0, 0.05) is 11.1 Å².